The fourth-order valence-electron chi connectivity index (χ4n) is 2.19. The average Bonchev–Trinajstić information content (AvgIpc) is 2.49. The van der Waals surface area contributed by atoms with Crippen molar-refractivity contribution in [1.29, 1.82) is 0 Å². The number of rotatable bonds is 9. The molecule has 16 heteroatoms. The average molecular weight is 484 g/mol. The van der Waals surface area contributed by atoms with Crippen LogP contribution in [0, 0.1) is 0 Å². The van der Waals surface area contributed by atoms with Crippen molar-refractivity contribution in [1.82, 2.24) is 0 Å². The van der Waals surface area contributed by atoms with Crippen LogP contribution >= 0.6 is 12.6 Å². The zero-order chi connectivity index (χ0) is 24.1. The van der Waals surface area contributed by atoms with E-state index in [0.717, 1.165) is 0 Å². The van der Waals surface area contributed by atoms with Crippen molar-refractivity contribution in [2.75, 3.05) is 6.61 Å². The van der Waals surface area contributed by atoms with E-state index in [4.69, 9.17) is 5.11 Å². The van der Waals surface area contributed by atoms with Gasteiger partial charge in [0.05, 0.1) is 0 Å². The van der Waals surface area contributed by atoms with Crippen molar-refractivity contribution in [2.45, 2.75) is 72.9 Å². The quantitative estimate of drug-likeness (QED) is 0.308. The van der Waals surface area contributed by atoms with Gasteiger partial charge in [-0.3, -0.25) is 0 Å². The van der Waals surface area contributed by atoms with Gasteiger partial charge in [0.15, 0.2) is 5.67 Å². The van der Waals surface area contributed by atoms with Crippen LogP contribution in [-0.4, -0.2) is 57.9 Å². The van der Waals surface area contributed by atoms with E-state index < -0.39 is 65.7 Å². The number of hydrogen-bond acceptors (Lipinski definition) is 2. The first-order valence-electron chi connectivity index (χ1n) is 7.29. The van der Waals surface area contributed by atoms with Gasteiger partial charge in [0.1, 0.15) is 0 Å². The van der Waals surface area contributed by atoms with E-state index in [1.54, 1.807) is 0 Å². The third kappa shape index (κ3) is 3.87. The largest absolute Gasteiger partial charge is 0.460 e. The van der Waals surface area contributed by atoms with Crippen molar-refractivity contribution in [2.24, 2.45) is 0 Å². The van der Waals surface area contributed by atoms with E-state index in [1.165, 1.54) is 0 Å². The van der Waals surface area contributed by atoms with Crippen LogP contribution in [0.25, 0.3) is 0 Å². The molecular formula is C13H14F14OS. The standard InChI is InChI=1S/C13H14F14OS/c1-6(2,29)7(14,4-3-5-28)8(15,16)9(17,18)10(19,20)11(21,22)12(23,24)13(25,26)27/h28-29H,3-5H2,1-2H3. The maximum atomic E-state index is 14.8. The van der Waals surface area contributed by atoms with Gasteiger partial charge in [-0.1, -0.05) is 0 Å². The molecule has 0 aliphatic rings. The van der Waals surface area contributed by atoms with Crippen LogP contribution < -0.4 is 0 Å². The van der Waals surface area contributed by atoms with Crippen molar-refractivity contribution in [3.05, 3.63) is 0 Å². The molecular weight excluding hydrogens is 470 g/mol. The van der Waals surface area contributed by atoms with E-state index >= 15 is 0 Å². The zero-order valence-corrected chi connectivity index (χ0v) is 15.2. The van der Waals surface area contributed by atoms with Gasteiger partial charge in [-0.05, 0) is 26.7 Å². The maximum Gasteiger partial charge on any atom is 0.460 e. The Bertz CT molecular complexity index is 579. The molecule has 0 saturated carbocycles. The summed E-state index contributed by atoms with van der Waals surface area (Å²) in [5, 5.41) is 8.53. The number of hydrogen-bond donors (Lipinski definition) is 2. The fourth-order valence-corrected chi connectivity index (χ4v) is 2.44. The molecule has 1 nitrogen and oxygen atoms in total. The van der Waals surface area contributed by atoms with Gasteiger partial charge in [-0.2, -0.15) is 69.7 Å². The molecule has 0 aromatic rings. The van der Waals surface area contributed by atoms with Gasteiger partial charge >= 0.3 is 35.8 Å². The van der Waals surface area contributed by atoms with E-state index in [1.807, 2.05) is 0 Å². The van der Waals surface area contributed by atoms with E-state index in [2.05, 4.69) is 12.6 Å². The van der Waals surface area contributed by atoms with E-state index in [9.17, 15) is 61.5 Å². The summed E-state index contributed by atoms with van der Waals surface area (Å²) in [5.41, 5.74) is -4.97. The second kappa shape index (κ2) is 7.48. The van der Waals surface area contributed by atoms with Crippen LogP contribution in [0.2, 0.25) is 0 Å². The highest BCUT2D eigenvalue weighted by Crippen LogP contribution is 2.64. The van der Waals surface area contributed by atoms with Gasteiger partial charge in [0.25, 0.3) is 0 Å². The topological polar surface area (TPSA) is 20.2 Å². The Hall–Kier alpha value is -0.670. The minimum atomic E-state index is -8.11. The molecule has 0 saturated heterocycles. The molecule has 1 N–H and O–H groups in total. The predicted octanol–water partition coefficient (Wildman–Crippen LogP) is 5.91. The highest BCUT2D eigenvalue weighted by Gasteiger charge is 2.93. The minimum Gasteiger partial charge on any atom is -0.396 e. The molecule has 0 heterocycles. The zero-order valence-electron chi connectivity index (χ0n) is 14.3. The molecule has 0 amide bonds. The van der Waals surface area contributed by atoms with Crippen LogP contribution in [-0.2, 0) is 0 Å². The second-order valence-electron chi connectivity index (χ2n) is 6.56. The maximum absolute atomic E-state index is 14.8. The monoisotopic (exact) mass is 484 g/mol. The van der Waals surface area contributed by atoms with Crippen LogP contribution in [0.5, 0.6) is 0 Å². The summed E-state index contributed by atoms with van der Waals surface area (Å²) < 4.78 is 183. The number of alkyl halides is 14. The Morgan fingerprint density at radius 3 is 1.17 bits per heavy atom. The van der Waals surface area contributed by atoms with Crippen molar-refractivity contribution in [3.8, 4) is 0 Å². The Balaban J connectivity index is 6.77. The minimum absolute atomic E-state index is 0.304. The Labute approximate surface area is 159 Å². The van der Waals surface area contributed by atoms with Crippen LogP contribution in [0.15, 0.2) is 0 Å². The number of aliphatic hydroxyl groups is 1. The molecule has 0 aliphatic carbocycles. The van der Waals surface area contributed by atoms with Crippen molar-refractivity contribution in [3.63, 3.8) is 0 Å². The Kier molecular flexibility index (Phi) is 7.31. The van der Waals surface area contributed by atoms with Crippen LogP contribution in [0.1, 0.15) is 26.7 Å². The molecule has 1 atom stereocenters. The van der Waals surface area contributed by atoms with Crippen molar-refractivity contribution >= 4 is 12.6 Å². The summed E-state index contributed by atoms with van der Waals surface area (Å²) in [4.78, 5) is 0. The molecule has 0 aliphatic heterocycles. The molecule has 1 unspecified atom stereocenters. The summed E-state index contributed by atoms with van der Waals surface area (Å²) in [5.74, 6) is -38.8. The van der Waals surface area contributed by atoms with Gasteiger partial charge in [0, 0.05) is 11.4 Å². The first kappa shape index (κ1) is 28.3. The predicted molar refractivity (Wildman–Crippen MR) is 74.0 cm³/mol. The molecule has 0 fully saturated rings. The van der Waals surface area contributed by atoms with Gasteiger partial charge in [0.2, 0.25) is 0 Å². The summed E-state index contributed by atoms with van der Waals surface area (Å²) in [6.45, 7) is -0.577. The summed E-state index contributed by atoms with van der Waals surface area (Å²) in [7, 11) is 0. The SMILES string of the molecule is CC(C)(S)C(F)(CCCO)C(F)(F)C(F)(F)C(F)(F)C(F)(F)C(F)(F)C(F)(F)F. The van der Waals surface area contributed by atoms with Crippen LogP contribution in [0.3, 0.4) is 0 Å². The molecule has 0 aromatic carbocycles. The lowest BCUT2D eigenvalue weighted by Crippen LogP contribution is -2.75. The third-order valence-corrected chi connectivity index (χ3v) is 4.43. The Morgan fingerprint density at radius 1 is 0.586 bits per heavy atom. The summed E-state index contributed by atoms with van der Waals surface area (Å²) >= 11 is 3.17. The van der Waals surface area contributed by atoms with Gasteiger partial charge in [-0.25, -0.2) is 4.39 Å². The highest BCUT2D eigenvalue weighted by molar-refractivity contribution is 7.81. The smallest absolute Gasteiger partial charge is 0.396 e. The lowest BCUT2D eigenvalue weighted by molar-refractivity contribution is -0.448. The highest BCUT2D eigenvalue weighted by atomic mass is 32.1. The van der Waals surface area contributed by atoms with Crippen molar-refractivity contribution < 1.29 is 66.6 Å². The molecule has 29 heavy (non-hydrogen) atoms. The van der Waals surface area contributed by atoms with E-state index in [0.29, 0.717) is 13.8 Å². The molecule has 176 valence electrons. The normalized spacial score (nSPS) is 18.0. The lowest BCUT2D eigenvalue weighted by atomic mass is 9.76. The third-order valence-electron chi connectivity index (χ3n) is 4.08. The summed E-state index contributed by atoms with van der Waals surface area (Å²) in [6.07, 6.45) is -10.6. The molecule has 0 radical (unpaired) electrons. The Morgan fingerprint density at radius 2 is 0.897 bits per heavy atom. The van der Waals surface area contributed by atoms with Crippen LogP contribution in [0.4, 0.5) is 61.5 Å². The first-order chi connectivity index (χ1) is 12.3. The molecule has 0 rings (SSSR count). The second-order valence-corrected chi connectivity index (χ2v) is 7.68. The molecule has 0 bridgehead atoms. The fraction of sp³-hybridized carbons (Fsp3) is 1.00. The number of thiol groups is 1. The van der Waals surface area contributed by atoms with Gasteiger partial charge in [-0.15, -0.1) is 0 Å². The lowest BCUT2D eigenvalue weighted by Gasteiger charge is -2.48. The number of halogens is 14. The van der Waals surface area contributed by atoms with Gasteiger partial charge < -0.3 is 5.11 Å². The van der Waals surface area contributed by atoms with E-state index in [-0.39, 0.29) is 0 Å². The number of aliphatic hydroxyl groups excluding tert-OH is 1. The summed E-state index contributed by atoms with van der Waals surface area (Å²) in [6, 6.07) is 0. The first-order valence-corrected chi connectivity index (χ1v) is 7.74. The molecule has 0 spiro atoms. The molecule has 0 aromatic heterocycles.